The molecule has 6 heteroatoms. The number of fused-ring (bicyclic) bond motifs is 1. The smallest absolute Gasteiger partial charge is 0.276 e. The monoisotopic (exact) mass is 325 g/mol. The van der Waals surface area contributed by atoms with E-state index in [1.54, 1.807) is 12.0 Å². The van der Waals surface area contributed by atoms with Gasteiger partial charge < -0.3 is 15.4 Å². The third-order valence-electron chi connectivity index (χ3n) is 4.19. The Morgan fingerprint density at radius 2 is 2.04 bits per heavy atom. The van der Waals surface area contributed by atoms with Crippen molar-refractivity contribution in [2.24, 2.45) is 5.73 Å². The molecule has 2 aromatic rings. The van der Waals surface area contributed by atoms with Crippen molar-refractivity contribution < 1.29 is 14.3 Å². The number of nitrogens with two attached hydrogens (primary N) is 1. The Bertz CT molecular complexity index is 772. The number of hydrogen-bond acceptors (Lipinski definition) is 4. The van der Waals surface area contributed by atoms with Gasteiger partial charge in [0.25, 0.3) is 5.91 Å². The zero-order valence-corrected chi connectivity index (χ0v) is 13.5. The summed E-state index contributed by atoms with van der Waals surface area (Å²) in [6.07, 6.45) is 4.10. The second-order valence-electron chi connectivity index (χ2n) is 5.67. The maximum atomic E-state index is 12.9. The highest BCUT2D eigenvalue weighted by molar-refractivity contribution is 6.06. The number of pyridine rings is 1. The fourth-order valence-electron chi connectivity index (χ4n) is 2.96. The van der Waals surface area contributed by atoms with Gasteiger partial charge in [0.2, 0.25) is 5.91 Å². The van der Waals surface area contributed by atoms with Crippen LogP contribution < -0.4 is 15.4 Å². The summed E-state index contributed by atoms with van der Waals surface area (Å²) < 4.78 is 5.44. The number of aromatic nitrogens is 1. The van der Waals surface area contributed by atoms with Crippen LogP contribution in [0.3, 0.4) is 0 Å². The van der Waals surface area contributed by atoms with Crippen molar-refractivity contribution in [2.45, 2.75) is 19.3 Å². The Balaban J connectivity index is 1.97. The Morgan fingerprint density at radius 3 is 2.71 bits per heavy atom. The first-order chi connectivity index (χ1) is 11.6. The second kappa shape index (κ2) is 6.70. The number of primary amides is 1. The molecule has 0 atom stereocenters. The first kappa shape index (κ1) is 16.0. The molecule has 1 aliphatic rings. The van der Waals surface area contributed by atoms with Crippen LogP contribution in [0.25, 0.3) is 0 Å². The predicted molar refractivity (Wildman–Crippen MR) is 90.4 cm³/mol. The molecule has 3 rings (SSSR count). The van der Waals surface area contributed by atoms with Crippen LogP contribution in [0.2, 0.25) is 0 Å². The van der Waals surface area contributed by atoms with E-state index in [0.717, 1.165) is 36.3 Å². The Morgan fingerprint density at radius 1 is 1.21 bits per heavy atom. The summed E-state index contributed by atoms with van der Waals surface area (Å²) in [5, 5.41) is 0. The van der Waals surface area contributed by atoms with Gasteiger partial charge >= 0.3 is 0 Å². The number of amides is 2. The van der Waals surface area contributed by atoms with Gasteiger partial charge in [-0.05, 0) is 43.5 Å². The molecule has 0 bridgehead atoms. The van der Waals surface area contributed by atoms with Gasteiger partial charge in [-0.1, -0.05) is 6.07 Å². The highest BCUT2D eigenvalue weighted by Gasteiger charge is 2.25. The van der Waals surface area contributed by atoms with Gasteiger partial charge in [-0.15, -0.1) is 0 Å². The second-order valence-corrected chi connectivity index (χ2v) is 5.67. The number of hydrogen-bond donors (Lipinski definition) is 1. The Hall–Kier alpha value is -2.89. The SMILES string of the molecule is COc1cccc2c1CCCCN2C(=O)c1ccc(C(N)=O)cn1. The van der Waals surface area contributed by atoms with Crippen molar-refractivity contribution in [2.75, 3.05) is 18.6 Å². The van der Waals surface area contributed by atoms with E-state index in [9.17, 15) is 9.59 Å². The van der Waals surface area contributed by atoms with Crippen LogP contribution in [-0.4, -0.2) is 30.5 Å². The number of rotatable bonds is 3. The van der Waals surface area contributed by atoms with E-state index in [2.05, 4.69) is 4.98 Å². The number of carbonyl (C=O) groups excluding carboxylic acids is 2. The molecule has 2 N–H and O–H groups in total. The van der Waals surface area contributed by atoms with Gasteiger partial charge in [0.1, 0.15) is 11.4 Å². The molecule has 2 amide bonds. The van der Waals surface area contributed by atoms with E-state index in [4.69, 9.17) is 10.5 Å². The van der Waals surface area contributed by atoms with Crippen LogP contribution in [0.15, 0.2) is 36.5 Å². The topological polar surface area (TPSA) is 85.5 Å². The van der Waals surface area contributed by atoms with Crippen molar-refractivity contribution in [1.29, 1.82) is 0 Å². The van der Waals surface area contributed by atoms with Crippen LogP contribution in [-0.2, 0) is 6.42 Å². The van der Waals surface area contributed by atoms with Crippen LogP contribution in [0.1, 0.15) is 39.3 Å². The fourth-order valence-corrected chi connectivity index (χ4v) is 2.96. The highest BCUT2D eigenvalue weighted by atomic mass is 16.5. The van der Waals surface area contributed by atoms with Gasteiger partial charge in [-0.2, -0.15) is 0 Å². The van der Waals surface area contributed by atoms with Crippen LogP contribution >= 0.6 is 0 Å². The van der Waals surface area contributed by atoms with E-state index in [0.29, 0.717) is 6.54 Å². The number of ether oxygens (including phenoxy) is 1. The molecule has 2 heterocycles. The largest absolute Gasteiger partial charge is 0.496 e. The van der Waals surface area contributed by atoms with Crippen molar-refractivity contribution >= 4 is 17.5 Å². The number of benzene rings is 1. The first-order valence-corrected chi connectivity index (χ1v) is 7.85. The van der Waals surface area contributed by atoms with Gasteiger partial charge in [-0.25, -0.2) is 0 Å². The van der Waals surface area contributed by atoms with E-state index in [1.165, 1.54) is 18.3 Å². The highest BCUT2D eigenvalue weighted by Crippen LogP contribution is 2.34. The van der Waals surface area contributed by atoms with Crippen LogP contribution in [0, 0.1) is 0 Å². The summed E-state index contributed by atoms with van der Waals surface area (Å²) in [4.78, 5) is 29.9. The molecule has 1 aromatic carbocycles. The lowest BCUT2D eigenvalue weighted by Crippen LogP contribution is -2.32. The molecule has 0 aliphatic carbocycles. The van der Waals surface area contributed by atoms with Crippen LogP contribution in [0.5, 0.6) is 5.75 Å². The molecule has 124 valence electrons. The van der Waals surface area contributed by atoms with E-state index in [-0.39, 0.29) is 17.2 Å². The van der Waals surface area contributed by atoms with Crippen molar-refractivity contribution in [1.82, 2.24) is 4.98 Å². The third kappa shape index (κ3) is 2.95. The zero-order chi connectivity index (χ0) is 17.1. The predicted octanol–water partition coefficient (Wildman–Crippen LogP) is 2.17. The number of nitrogens with zero attached hydrogens (tertiary/aromatic N) is 2. The van der Waals surface area contributed by atoms with Gasteiger partial charge in [-0.3, -0.25) is 14.6 Å². The van der Waals surface area contributed by atoms with E-state index >= 15 is 0 Å². The minimum atomic E-state index is -0.564. The van der Waals surface area contributed by atoms with Gasteiger partial charge in [0, 0.05) is 18.3 Å². The van der Waals surface area contributed by atoms with Crippen molar-refractivity contribution in [3.63, 3.8) is 0 Å². The molecule has 1 aromatic heterocycles. The van der Waals surface area contributed by atoms with E-state index < -0.39 is 5.91 Å². The third-order valence-corrected chi connectivity index (χ3v) is 4.19. The molecule has 0 fully saturated rings. The lowest BCUT2D eigenvalue weighted by molar-refractivity contribution is 0.0975. The molecule has 0 spiro atoms. The maximum absolute atomic E-state index is 12.9. The Labute approximate surface area is 140 Å². The van der Waals surface area contributed by atoms with Crippen molar-refractivity contribution in [3.05, 3.63) is 53.3 Å². The fraction of sp³-hybridized carbons (Fsp3) is 0.278. The molecular weight excluding hydrogens is 306 g/mol. The summed E-state index contributed by atoms with van der Waals surface area (Å²) in [5.74, 6) is 0.0398. The summed E-state index contributed by atoms with van der Waals surface area (Å²) in [6.45, 7) is 0.623. The maximum Gasteiger partial charge on any atom is 0.276 e. The Kier molecular flexibility index (Phi) is 4.46. The number of methoxy groups -OCH3 is 1. The molecule has 0 saturated carbocycles. The zero-order valence-electron chi connectivity index (χ0n) is 13.5. The normalized spacial score (nSPS) is 13.8. The average Bonchev–Trinajstić information content (AvgIpc) is 2.83. The molecule has 24 heavy (non-hydrogen) atoms. The first-order valence-electron chi connectivity index (χ1n) is 7.85. The molecule has 1 aliphatic heterocycles. The quantitative estimate of drug-likeness (QED) is 0.937. The lowest BCUT2D eigenvalue weighted by Gasteiger charge is -2.23. The summed E-state index contributed by atoms with van der Waals surface area (Å²) in [7, 11) is 1.64. The van der Waals surface area contributed by atoms with Gasteiger partial charge in [0.15, 0.2) is 0 Å². The molecule has 0 saturated heterocycles. The lowest BCUT2D eigenvalue weighted by atomic mass is 10.1. The summed E-state index contributed by atoms with van der Waals surface area (Å²) >= 11 is 0. The molecule has 0 radical (unpaired) electrons. The minimum absolute atomic E-state index is 0.192. The standard InChI is InChI=1S/C18H19N3O3/c1-24-16-7-4-6-15-13(16)5-2-3-10-21(15)18(23)14-9-8-12(11-20-14)17(19)22/h4,6-9,11H,2-3,5,10H2,1H3,(H2,19,22). The van der Waals surface area contributed by atoms with E-state index in [1.807, 2.05) is 18.2 Å². The average molecular weight is 325 g/mol. The number of anilines is 1. The molecule has 0 unspecified atom stereocenters. The summed E-state index contributed by atoms with van der Waals surface area (Å²) in [5.41, 5.74) is 7.68. The van der Waals surface area contributed by atoms with Crippen molar-refractivity contribution in [3.8, 4) is 5.75 Å². The van der Waals surface area contributed by atoms with Gasteiger partial charge in [0.05, 0.1) is 18.4 Å². The number of carbonyl (C=O) groups is 2. The van der Waals surface area contributed by atoms with Crippen LogP contribution in [0.4, 0.5) is 5.69 Å². The molecular formula is C18H19N3O3. The molecule has 6 nitrogen and oxygen atoms in total. The summed E-state index contributed by atoms with van der Waals surface area (Å²) in [6, 6.07) is 8.78. The minimum Gasteiger partial charge on any atom is -0.496 e.